The fourth-order valence-corrected chi connectivity index (χ4v) is 0. The maximum absolute atomic E-state index is 8.36. The summed E-state index contributed by atoms with van der Waals surface area (Å²) < 4.78 is 0. The molecule has 2 nitrogen and oxygen atoms in total. The summed E-state index contributed by atoms with van der Waals surface area (Å²) in [5, 5.41) is 8.36. The molecule has 0 heterocycles. The third kappa shape index (κ3) is 1.64. The van der Waals surface area contributed by atoms with E-state index >= 15 is 0 Å². The van der Waals surface area contributed by atoms with E-state index in [9.17, 15) is 0 Å². The van der Waals surface area contributed by atoms with Crippen molar-refractivity contribution >= 4 is 0 Å². The van der Waals surface area contributed by atoms with E-state index in [-0.39, 0.29) is 5.88 Å². The second kappa shape index (κ2) is 1.70. The molecule has 0 saturated heterocycles. The Morgan fingerprint density at radius 1 is 1.67 bits per heavy atom. The van der Waals surface area contributed by atoms with Crippen LogP contribution in [0.1, 0.15) is 0 Å². The van der Waals surface area contributed by atoms with Crippen LogP contribution in [0, 0.1) is 0 Å². The quantitative estimate of drug-likeness (QED) is 0.473. The Kier molecular flexibility index (Phi) is 1.51. The lowest BCUT2D eigenvalue weighted by molar-refractivity contribution is 0.267. The summed E-state index contributed by atoms with van der Waals surface area (Å²) in [5.41, 5.74) is 0. The van der Waals surface area contributed by atoms with Crippen LogP contribution in [0.3, 0.4) is 0 Å². The first kappa shape index (κ1) is 5.34. The third-order valence-electron chi connectivity index (χ3n) is 0.516. The molecule has 0 aliphatic heterocycles. The van der Waals surface area contributed by atoms with Gasteiger partial charge in [0.1, 0.15) is 0 Å². The van der Waals surface area contributed by atoms with Crippen LogP contribution in [0.5, 0.6) is 0 Å². The molecule has 0 saturated carbocycles. The van der Waals surface area contributed by atoms with Gasteiger partial charge in [0, 0.05) is 14.1 Å². The number of nitrogens with zero attached hydrogens (tertiary/aromatic N) is 1. The van der Waals surface area contributed by atoms with E-state index in [1.54, 1.807) is 14.1 Å². The molecule has 0 atom stereocenters. The van der Waals surface area contributed by atoms with Crippen LogP contribution in [-0.2, 0) is 0 Å². The first-order valence-electron chi connectivity index (χ1n) is 1.70. The highest BCUT2D eigenvalue weighted by Crippen LogP contribution is 1.81. The van der Waals surface area contributed by atoms with Crippen molar-refractivity contribution in [2.24, 2.45) is 0 Å². The summed E-state index contributed by atoms with van der Waals surface area (Å²) in [7, 11) is 3.45. The van der Waals surface area contributed by atoms with E-state index in [4.69, 9.17) is 5.11 Å². The lowest BCUT2D eigenvalue weighted by Crippen LogP contribution is -2.08. The molecule has 0 radical (unpaired) electrons. The Bertz CT molecular complexity index is 58.6. The van der Waals surface area contributed by atoms with Gasteiger partial charge in [0.25, 0.3) is 0 Å². The van der Waals surface area contributed by atoms with Crippen molar-refractivity contribution in [3.8, 4) is 0 Å². The average molecular weight is 87.1 g/mol. The molecule has 6 heavy (non-hydrogen) atoms. The van der Waals surface area contributed by atoms with Gasteiger partial charge >= 0.3 is 0 Å². The minimum Gasteiger partial charge on any atom is -0.495 e. The lowest BCUT2D eigenvalue weighted by Gasteiger charge is -2.06. The Labute approximate surface area is 37.7 Å². The van der Waals surface area contributed by atoms with Gasteiger partial charge in [-0.3, -0.25) is 0 Å². The Morgan fingerprint density at radius 3 is 1.83 bits per heavy atom. The van der Waals surface area contributed by atoms with Crippen molar-refractivity contribution in [2.75, 3.05) is 14.1 Å². The molecule has 0 fully saturated rings. The van der Waals surface area contributed by atoms with E-state index in [1.165, 1.54) is 4.90 Å². The number of hydrogen-bond donors (Lipinski definition) is 1. The SMILES string of the molecule is C=C(O)N(C)C. The van der Waals surface area contributed by atoms with Gasteiger partial charge < -0.3 is 10.0 Å². The molecule has 0 spiro atoms. The smallest absolute Gasteiger partial charge is 0.178 e. The largest absolute Gasteiger partial charge is 0.495 e. The number of rotatable bonds is 1. The Balaban J connectivity index is 3.26. The fraction of sp³-hybridized carbons (Fsp3) is 0.500. The molecule has 0 aromatic carbocycles. The maximum atomic E-state index is 8.36. The van der Waals surface area contributed by atoms with E-state index < -0.39 is 0 Å². The van der Waals surface area contributed by atoms with Crippen LogP contribution in [0.2, 0.25) is 0 Å². The maximum Gasteiger partial charge on any atom is 0.178 e. The van der Waals surface area contributed by atoms with Crippen molar-refractivity contribution in [3.05, 3.63) is 12.5 Å². The Hall–Kier alpha value is -0.660. The summed E-state index contributed by atoms with van der Waals surface area (Å²) >= 11 is 0. The zero-order valence-corrected chi connectivity index (χ0v) is 4.10. The molecule has 36 valence electrons. The van der Waals surface area contributed by atoms with Crippen molar-refractivity contribution in [3.63, 3.8) is 0 Å². The van der Waals surface area contributed by atoms with Gasteiger partial charge in [-0.2, -0.15) is 0 Å². The zero-order valence-electron chi connectivity index (χ0n) is 4.10. The van der Waals surface area contributed by atoms with Crippen LogP contribution in [-0.4, -0.2) is 24.1 Å². The van der Waals surface area contributed by atoms with Crippen molar-refractivity contribution in [1.82, 2.24) is 4.90 Å². The fourth-order valence-electron chi connectivity index (χ4n) is 0. The van der Waals surface area contributed by atoms with E-state index in [0.717, 1.165) is 0 Å². The van der Waals surface area contributed by atoms with Gasteiger partial charge in [-0.25, -0.2) is 0 Å². The topological polar surface area (TPSA) is 23.5 Å². The van der Waals surface area contributed by atoms with Crippen LogP contribution < -0.4 is 0 Å². The molecule has 0 aliphatic carbocycles. The summed E-state index contributed by atoms with van der Waals surface area (Å²) in [4.78, 5) is 1.53. The van der Waals surface area contributed by atoms with Gasteiger partial charge in [0.15, 0.2) is 5.88 Å². The van der Waals surface area contributed by atoms with E-state index in [2.05, 4.69) is 6.58 Å². The normalized spacial score (nSPS) is 7.67. The van der Waals surface area contributed by atoms with E-state index in [1.807, 2.05) is 0 Å². The second-order valence-electron chi connectivity index (χ2n) is 1.31. The molecular formula is C4H9NO. The molecule has 0 bridgehead atoms. The molecule has 0 aliphatic rings. The first-order valence-corrected chi connectivity index (χ1v) is 1.70. The summed E-state index contributed by atoms with van der Waals surface area (Å²) in [5.74, 6) is 0.0926. The highest BCUT2D eigenvalue weighted by molar-refractivity contribution is 4.72. The second-order valence-corrected chi connectivity index (χ2v) is 1.31. The monoisotopic (exact) mass is 87.1 g/mol. The molecule has 0 amide bonds. The summed E-state index contributed by atoms with van der Waals surface area (Å²) in [6.07, 6.45) is 0. The van der Waals surface area contributed by atoms with E-state index in [0.29, 0.717) is 0 Å². The van der Waals surface area contributed by atoms with Gasteiger partial charge in [-0.1, -0.05) is 0 Å². The molecule has 0 unspecified atom stereocenters. The van der Waals surface area contributed by atoms with Crippen molar-refractivity contribution in [1.29, 1.82) is 0 Å². The number of aliphatic hydroxyl groups is 1. The third-order valence-corrected chi connectivity index (χ3v) is 0.516. The zero-order chi connectivity index (χ0) is 5.15. The minimum absolute atomic E-state index is 0.0926. The highest BCUT2D eigenvalue weighted by Gasteiger charge is 1.82. The van der Waals surface area contributed by atoms with Gasteiger partial charge in [-0.05, 0) is 6.58 Å². The molecule has 2 heteroatoms. The van der Waals surface area contributed by atoms with Gasteiger partial charge in [0.2, 0.25) is 0 Å². The van der Waals surface area contributed by atoms with Crippen molar-refractivity contribution in [2.45, 2.75) is 0 Å². The molecule has 0 rings (SSSR count). The standard InChI is InChI=1S/C4H9NO/c1-4(6)5(2)3/h6H,1H2,2-3H3. The summed E-state index contributed by atoms with van der Waals surface area (Å²) in [6, 6.07) is 0. The lowest BCUT2D eigenvalue weighted by atomic mass is 10.8. The average Bonchev–Trinajstić information content (AvgIpc) is 1.36. The van der Waals surface area contributed by atoms with Gasteiger partial charge in [0.05, 0.1) is 0 Å². The predicted molar refractivity (Wildman–Crippen MR) is 25.5 cm³/mol. The van der Waals surface area contributed by atoms with Crippen LogP contribution >= 0.6 is 0 Å². The molecule has 0 aromatic heterocycles. The Morgan fingerprint density at radius 2 is 1.83 bits per heavy atom. The van der Waals surface area contributed by atoms with Crippen LogP contribution in [0.15, 0.2) is 12.5 Å². The van der Waals surface area contributed by atoms with Crippen LogP contribution in [0.25, 0.3) is 0 Å². The van der Waals surface area contributed by atoms with Crippen LogP contribution in [0.4, 0.5) is 0 Å². The molecule has 1 N–H and O–H groups in total. The highest BCUT2D eigenvalue weighted by atomic mass is 16.3. The number of aliphatic hydroxyl groups excluding tert-OH is 1. The predicted octanol–water partition coefficient (Wildman–Crippen LogP) is 0.577. The van der Waals surface area contributed by atoms with Gasteiger partial charge in [-0.15, -0.1) is 0 Å². The molecule has 0 aromatic rings. The van der Waals surface area contributed by atoms with Crippen molar-refractivity contribution < 1.29 is 5.11 Å². The molecular weight excluding hydrogens is 78.0 g/mol. The summed E-state index contributed by atoms with van der Waals surface area (Å²) in [6.45, 7) is 3.24. The number of hydrogen-bond acceptors (Lipinski definition) is 2. The first-order chi connectivity index (χ1) is 2.64. The minimum atomic E-state index is 0.0926.